The largest absolute Gasteiger partial charge is 0.397 e. The van der Waals surface area contributed by atoms with Gasteiger partial charge >= 0.3 is 6.18 Å². The molecule has 0 aliphatic carbocycles. The van der Waals surface area contributed by atoms with Crippen molar-refractivity contribution >= 4 is 0 Å². The number of alkyl halides is 4. The summed E-state index contributed by atoms with van der Waals surface area (Å²) < 4.78 is 45.4. The minimum absolute atomic E-state index is 0.306. The van der Waals surface area contributed by atoms with E-state index in [-0.39, 0.29) is 0 Å². The van der Waals surface area contributed by atoms with Crippen molar-refractivity contribution in [3.63, 3.8) is 0 Å². The van der Waals surface area contributed by atoms with E-state index in [1.54, 1.807) is 0 Å². The van der Waals surface area contributed by atoms with Gasteiger partial charge in [-0.2, -0.15) is 13.2 Å². The van der Waals surface area contributed by atoms with Crippen LogP contribution < -0.4 is 0 Å². The smallest absolute Gasteiger partial charge is 0.250 e. The van der Waals surface area contributed by atoms with Gasteiger partial charge in [0, 0.05) is 0 Å². The molecule has 0 N–H and O–H groups in total. The summed E-state index contributed by atoms with van der Waals surface area (Å²) in [6.07, 6.45) is -4.23. The molecule has 1 radical (unpaired) electrons. The van der Waals surface area contributed by atoms with E-state index in [4.69, 9.17) is 0 Å². The van der Waals surface area contributed by atoms with E-state index in [1.165, 1.54) is 0 Å². The van der Waals surface area contributed by atoms with Crippen LogP contribution in [-0.4, -0.2) is 12.9 Å². The highest BCUT2D eigenvalue weighted by Crippen LogP contribution is 2.26. The maximum absolute atomic E-state index is 11.4. The molecule has 53 valence electrons. The van der Waals surface area contributed by atoms with Gasteiger partial charge in [0.25, 0.3) is 0 Å². The lowest BCUT2D eigenvalue weighted by atomic mass is 10.2. The third-order valence-electron chi connectivity index (χ3n) is 0.819. The van der Waals surface area contributed by atoms with Crippen LogP contribution in [0.25, 0.3) is 0 Å². The highest BCUT2D eigenvalue weighted by molar-refractivity contribution is 4.81. The lowest BCUT2D eigenvalue weighted by molar-refractivity contribution is -0.164. The van der Waals surface area contributed by atoms with Gasteiger partial charge in [0.2, 0.25) is 0 Å². The predicted octanol–water partition coefficient (Wildman–Crippen LogP) is 2.12. The van der Waals surface area contributed by atoms with Crippen molar-refractivity contribution in [3.8, 4) is 0 Å². The van der Waals surface area contributed by atoms with Crippen molar-refractivity contribution in [2.75, 3.05) is 6.67 Å². The zero-order valence-corrected chi connectivity index (χ0v) is 4.45. The Morgan fingerprint density at radius 2 is 1.89 bits per heavy atom. The van der Waals surface area contributed by atoms with Gasteiger partial charge in [-0.1, -0.05) is 12.7 Å². The first kappa shape index (κ1) is 8.46. The first-order valence-electron chi connectivity index (χ1n) is 2.20. The SMILES string of the molecule is [CH]=CC(CF)C(F)(F)F. The van der Waals surface area contributed by atoms with Crippen LogP contribution in [0.15, 0.2) is 6.08 Å². The minimum atomic E-state index is -4.54. The van der Waals surface area contributed by atoms with Crippen LogP contribution in [0.3, 0.4) is 0 Å². The Morgan fingerprint density at radius 3 is 1.89 bits per heavy atom. The van der Waals surface area contributed by atoms with Crippen LogP contribution >= 0.6 is 0 Å². The molecule has 1 unspecified atom stereocenters. The predicted molar refractivity (Wildman–Crippen MR) is 24.4 cm³/mol. The third kappa shape index (κ3) is 2.49. The number of halogens is 4. The Morgan fingerprint density at radius 1 is 1.44 bits per heavy atom. The van der Waals surface area contributed by atoms with Gasteiger partial charge in [-0.05, 0) is 0 Å². The van der Waals surface area contributed by atoms with Crippen LogP contribution in [0, 0.1) is 12.5 Å². The van der Waals surface area contributed by atoms with Crippen LogP contribution in [0.1, 0.15) is 0 Å². The average molecular weight is 141 g/mol. The summed E-state index contributed by atoms with van der Waals surface area (Å²) in [7, 11) is 0. The fourth-order valence-corrected chi connectivity index (χ4v) is 0.248. The molecule has 0 rings (SSSR count). The summed E-state index contributed by atoms with van der Waals surface area (Å²) in [5.41, 5.74) is 0. The van der Waals surface area contributed by atoms with Crippen molar-refractivity contribution in [2.24, 2.45) is 5.92 Å². The molecule has 0 aromatic carbocycles. The monoisotopic (exact) mass is 141 g/mol. The second-order valence-electron chi connectivity index (χ2n) is 1.49. The molecule has 0 amide bonds. The molecule has 0 aromatic heterocycles. The molecule has 0 nitrogen and oxygen atoms in total. The van der Waals surface area contributed by atoms with E-state index in [2.05, 4.69) is 6.58 Å². The summed E-state index contributed by atoms with van der Waals surface area (Å²) in [4.78, 5) is 0. The van der Waals surface area contributed by atoms with Gasteiger partial charge in [-0.25, -0.2) is 0 Å². The zero-order chi connectivity index (χ0) is 7.49. The molecule has 0 saturated carbocycles. The summed E-state index contributed by atoms with van der Waals surface area (Å²) in [5, 5.41) is 0. The Labute approximate surface area is 50.2 Å². The second-order valence-corrected chi connectivity index (χ2v) is 1.49. The molecule has 4 heteroatoms. The first-order valence-corrected chi connectivity index (χ1v) is 2.20. The van der Waals surface area contributed by atoms with Gasteiger partial charge in [-0.3, -0.25) is 4.39 Å². The molecule has 0 spiro atoms. The van der Waals surface area contributed by atoms with E-state index in [1.807, 2.05) is 0 Å². The van der Waals surface area contributed by atoms with Crippen LogP contribution in [-0.2, 0) is 0 Å². The first-order chi connectivity index (χ1) is 4.02. The van der Waals surface area contributed by atoms with Crippen molar-refractivity contribution in [1.82, 2.24) is 0 Å². The van der Waals surface area contributed by atoms with E-state index in [0.29, 0.717) is 6.08 Å². The quantitative estimate of drug-likeness (QED) is 0.516. The maximum atomic E-state index is 11.4. The van der Waals surface area contributed by atoms with Gasteiger partial charge in [-0.15, -0.1) is 0 Å². The van der Waals surface area contributed by atoms with E-state index < -0.39 is 18.8 Å². The number of hydrogen-bond acceptors (Lipinski definition) is 0. The zero-order valence-electron chi connectivity index (χ0n) is 4.45. The number of hydrogen-bond donors (Lipinski definition) is 0. The van der Waals surface area contributed by atoms with Crippen molar-refractivity contribution in [2.45, 2.75) is 6.18 Å². The molecular weight excluding hydrogens is 136 g/mol. The fraction of sp³-hybridized carbons (Fsp3) is 0.600. The molecule has 0 aliphatic rings. The minimum Gasteiger partial charge on any atom is -0.250 e. The molecule has 0 aliphatic heterocycles. The van der Waals surface area contributed by atoms with Crippen molar-refractivity contribution < 1.29 is 17.6 Å². The summed E-state index contributed by atoms with van der Waals surface area (Å²) in [5.74, 6) is -2.11. The van der Waals surface area contributed by atoms with E-state index in [0.717, 1.165) is 0 Å². The molecule has 0 saturated heterocycles. The van der Waals surface area contributed by atoms with Crippen LogP contribution in [0.5, 0.6) is 0 Å². The van der Waals surface area contributed by atoms with Gasteiger partial charge in [0.15, 0.2) is 0 Å². The van der Waals surface area contributed by atoms with Crippen molar-refractivity contribution in [1.29, 1.82) is 0 Å². The molecule has 0 heterocycles. The summed E-state index contributed by atoms with van der Waals surface area (Å²) in [6.45, 7) is 3.00. The third-order valence-corrected chi connectivity index (χ3v) is 0.819. The number of allylic oxidation sites excluding steroid dienone is 1. The standard InChI is InChI=1S/C5H5F4/c1-2-4(3-6)5(7,8)9/h1-2,4H,3H2. The van der Waals surface area contributed by atoms with Gasteiger partial charge in [0.05, 0.1) is 0 Å². The Balaban J connectivity index is 3.94. The molecule has 9 heavy (non-hydrogen) atoms. The second kappa shape index (κ2) is 2.85. The molecule has 0 aromatic rings. The Bertz CT molecular complexity index is 93.6. The van der Waals surface area contributed by atoms with Gasteiger partial charge in [0.1, 0.15) is 12.6 Å². The fourth-order valence-electron chi connectivity index (χ4n) is 0.248. The lowest BCUT2D eigenvalue weighted by Gasteiger charge is -2.10. The Kier molecular flexibility index (Phi) is 2.67. The molecule has 0 fully saturated rings. The molecule has 0 bridgehead atoms. The topological polar surface area (TPSA) is 0 Å². The maximum Gasteiger partial charge on any atom is 0.397 e. The van der Waals surface area contributed by atoms with E-state index in [9.17, 15) is 17.6 Å². The summed E-state index contributed by atoms with van der Waals surface area (Å²) in [6, 6.07) is 0. The average Bonchev–Trinajstić information content (AvgIpc) is 1.65. The van der Waals surface area contributed by atoms with Crippen molar-refractivity contribution in [3.05, 3.63) is 12.7 Å². The van der Waals surface area contributed by atoms with Crippen LogP contribution in [0.2, 0.25) is 0 Å². The van der Waals surface area contributed by atoms with Gasteiger partial charge < -0.3 is 0 Å². The highest BCUT2D eigenvalue weighted by atomic mass is 19.4. The van der Waals surface area contributed by atoms with Crippen LogP contribution in [0.4, 0.5) is 17.6 Å². The normalized spacial score (nSPS) is 15.1. The lowest BCUT2D eigenvalue weighted by Crippen LogP contribution is -2.22. The Hall–Kier alpha value is -0.540. The summed E-state index contributed by atoms with van der Waals surface area (Å²) >= 11 is 0. The highest BCUT2D eigenvalue weighted by Gasteiger charge is 2.37. The van der Waals surface area contributed by atoms with E-state index >= 15 is 0 Å². The molecule has 1 atom stereocenters. The molecular formula is C5H5F4. The number of rotatable bonds is 2.